The fourth-order valence-corrected chi connectivity index (χ4v) is 9.90. The molecule has 53 heavy (non-hydrogen) atoms. The van der Waals surface area contributed by atoms with Gasteiger partial charge in [0.1, 0.15) is 6.10 Å². The summed E-state index contributed by atoms with van der Waals surface area (Å²) in [5, 5.41) is 25.7. The van der Waals surface area contributed by atoms with Gasteiger partial charge in [-0.05, 0) is 99.7 Å². The van der Waals surface area contributed by atoms with Crippen LogP contribution in [0, 0.1) is 11.8 Å². The number of hydrogen-bond donors (Lipinski definition) is 4. The largest absolute Gasteiger partial charge is 0.504 e. The van der Waals surface area contributed by atoms with Gasteiger partial charge in [-0.2, -0.15) is 0 Å². The zero-order chi connectivity index (χ0) is 37.4. The standard InChI is InChI=1S/C41H60N4O6S2/c1-29(46)50-37-18-17-32-21-34(40(49)38(22-32)51-36-13-7-8-14-36)26-45-25-33(23-39(45)48)19-20-43-41(42)44-28-53-52-27-31(11-5-6-12-35(47)24-37)16-15-30-9-3-2-4-10-30/h2-4,9-10,21-22,31,33,35-37,47,49H,5-8,11-20,23-28H2,1H3,(H3,42,43,44)/t31-,33-,35+,37-/m1/s1. The van der Waals surface area contributed by atoms with Gasteiger partial charge in [-0.15, -0.1) is 0 Å². The smallest absolute Gasteiger partial charge is 0.302 e. The van der Waals surface area contributed by atoms with E-state index in [0.29, 0.717) is 80.8 Å². The summed E-state index contributed by atoms with van der Waals surface area (Å²) in [5.41, 5.74) is 9.15. The number of carbonyl (C=O) groups is 2. The maximum Gasteiger partial charge on any atom is 0.302 e. The zero-order valence-electron chi connectivity index (χ0n) is 31.4. The van der Waals surface area contributed by atoms with Gasteiger partial charge in [-0.1, -0.05) is 70.8 Å². The van der Waals surface area contributed by atoms with E-state index in [1.165, 1.54) is 12.5 Å². The van der Waals surface area contributed by atoms with E-state index in [-0.39, 0.29) is 29.6 Å². The number of guanidine groups is 1. The van der Waals surface area contributed by atoms with Crippen molar-refractivity contribution in [3.63, 3.8) is 0 Å². The number of fused-ring (bicyclic) bond motifs is 4. The van der Waals surface area contributed by atoms with Gasteiger partial charge < -0.3 is 35.6 Å². The van der Waals surface area contributed by atoms with E-state index in [2.05, 4.69) is 40.6 Å². The maximum atomic E-state index is 13.2. The molecule has 1 saturated carbocycles. The Bertz CT molecular complexity index is 1470. The number of phenols is 1. The molecule has 0 spiro atoms. The number of carbonyl (C=O) groups excluding carboxylic acids is 2. The Morgan fingerprint density at radius 1 is 1.02 bits per heavy atom. The van der Waals surface area contributed by atoms with Crippen LogP contribution < -0.4 is 15.8 Å². The van der Waals surface area contributed by atoms with Gasteiger partial charge in [-0.25, -0.2) is 4.99 Å². The lowest BCUT2D eigenvalue weighted by atomic mass is 9.94. The second kappa shape index (κ2) is 21.7. The van der Waals surface area contributed by atoms with Crippen LogP contribution >= 0.6 is 21.6 Å². The van der Waals surface area contributed by atoms with Crippen molar-refractivity contribution >= 4 is 39.4 Å². The molecule has 0 unspecified atom stereocenters. The molecule has 12 heteroatoms. The molecule has 5 rings (SSSR count). The first kappa shape index (κ1) is 41.1. The maximum absolute atomic E-state index is 13.2. The third-order valence-electron chi connectivity index (χ3n) is 10.7. The predicted octanol–water partition coefficient (Wildman–Crippen LogP) is 7.13. The van der Waals surface area contributed by atoms with E-state index in [1.54, 1.807) is 10.8 Å². The summed E-state index contributed by atoms with van der Waals surface area (Å²) in [6.07, 6.45) is 11.7. The van der Waals surface area contributed by atoms with Gasteiger partial charge in [0.05, 0.1) is 18.1 Å². The first-order valence-electron chi connectivity index (χ1n) is 19.7. The van der Waals surface area contributed by atoms with Crippen molar-refractivity contribution in [3.8, 4) is 11.5 Å². The molecular weight excluding hydrogens is 709 g/mol. The van der Waals surface area contributed by atoms with E-state index in [0.717, 1.165) is 75.5 Å². The van der Waals surface area contributed by atoms with Crippen molar-refractivity contribution in [1.29, 1.82) is 0 Å². The van der Waals surface area contributed by atoms with Gasteiger partial charge in [0, 0.05) is 50.7 Å². The molecule has 292 valence electrons. The third-order valence-corrected chi connectivity index (χ3v) is 12.9. The molecule has 2 aromatic rings. The summed E-state index contributed by atoms with van der Waals surface area (Å²) < 4.78 is 12.1. The quantitative estimate of drug-likeness (QED) is 0.177. The number of aliphatic imine (C=N–C) groups is 1. The number of hydrogen-bond acceptors (Lipinski definition) is 11. The normalized spacial score (nSPS) is 25.0. The number of rotatable bonds is 6. The van der Waals surface area contributed by atoms with E-state index >= 15 is 0 Å². The lowest BCUT2D eigenvalue weighted by molar-refractivity contribution is -0.148. The first-order chi connectivity index (χ1) is 25.7. The van der Waals surface area contributed by atoms with Crippen LogP contribution in [0.2, 0.25) is 0 Å². The van der Waals surface area contributed by atoms with Gasteiger partial charge in [0.2, 0.25) is 5.91 Å². The Kier molecular flexibility index (Phi) is 16.8. The molecule has 3 aliphatic rings. The van der Waals surface area contributed by atoms with Crippen LogP contribution in [0.3, 0.4) is 0 Å². The van der Waals surface area contributed by atoms with Crippen molar-refractivity contribution in [3.05, 3.63) is 59.2 Å². The molecule has 5 N–H and O–H groups in total. The molecule has 2 heterocycles. The van der Waals surface area contributed by atoms with Crippen LogP contribution in [0.5, 0.6) is 11.5 Å². The minimum absolute atomic E-state index is 0.0553. The topological polar surface area (TPSA) is 147 Å². The minimum atomic E-state index is -0.576. The minimum Gasteiger partial charge on any atom is -0.504 e. The molecule has 2 aromatic carbocycles. The number of nitrogens with zero attached hydrogens (tertiary/aromatic N) is 2. The number of ether oxygens (including phenoxy) is 2. The second-order valence-electron chi connectivity index (χ2n) is 15.1. The van der Waals surface area contributed by atoms with Crippen molar-refractivity contribution in [2.75, 3.05) is 24.7 Å². The number of aromatic hydroxyl groups is 1. The third kappa shape index (κ3) is 14.2. The van der Waals surface area contributed by atoms with Gasteiger partial charge in [-0.3, -0.25) is 9.59 Å². The fourth-order valence-electron chi connectivity index (χ4n) is 7.76. The number of benzene rings is 2. The lowest BCUT2D eigenvalue weighted by Gasteiger charge is -2.23. The number of aliphatic hydroxyl groups excluding tert-OH is 1. The second-order valence-corrected chi connectivity index (χ2v) is 17.6. The highest BCUT2D eigenvalue weighted by atomic mass is 33.1. The Morgan fingerprint density at radius 3 is 2.58 bits per heavy atom. The van der Waals surface area contributed by atoms with E-state index in [9.17, 15) is 19.8 Å². The summed E-state index contributed by atoms with van der Waals surface area (Å²) in [6.45, 7) is 2.95. The van der Waals surface area contributed by atoms with Crippen molar-refractivity contribution in [2.24, 2.45) is 22.6 Å². The van der Waals surface area contributed by atoms with Crippen LogP contribution in [0.1, 0.15) is 107 Å². The number of amides is 1. The Morgan fingerprint density at radius 2 is 1.79 bits per heavy atom. The van der Waals surface area contributed by atoms with Gasteiger partial charge >= 0.3 is 5.97 Å². The molecule has 1 amide bonds. The van der Waals surface area contributed by atoms with Crippen molar-refractivity contribution in [1.82, 2.24) is 10.2 Å². The number of aliphatic hydroxyl groups is 1. The highest BCUT2D eigenvalue weighted by molar-refractivity contribution is 8.76. The average molecular weight is 769 g/mol. The molecule has 4 atom stereocenters. The summed E-state index contributed by atoms with van der Waals surface area (Å²) in [4.78, 5) is 31.6. The fraction of sp³-hybridized carbons (Fsp3) is 0.634. The number of nitrogens with two attached hydrogens (primary N) is 1. The number of phenolic OH excluding ortho intramolecular Hbond substituents is 1. The van der Waals surface area contributed by atoms with Gasteiger partial charge in [0.25, 0.3) is 0 Å². The molecule has 10 nitrogen and oxygen atoms in total. The van der Waals surface area contributed by atoms with Crippen LogP contribution in [-0.4, -0.2) is 76.0 Å². The van der Waals surface area contributed by atoms with Crippen LogP contribution in [-0.2, 0) is 33.7 Å². The number of nitrogens with one attached hydrogen (secondary N) is 1. The average Bonchev–Trinajstić information content (AvgIpc) is 3.77. The number of aryl methyl sites for hydroxylation is 2. The molecule has 0 aromatic heterocycles. The SMILES string of the molecule is CC(=O)O[C@@H]1CCc2cc(c(O)c(OC3CCCC3)c2)CN2C[C@H](CCNC(N)=NCSSC[C@@H](CCc3ccccc3)CCCC[C@H](O)C1)CC2=O. The number of esters is 1. The Labute approximate surface area is 323 Å². The lowest BCUT2D eigenvalue weighted by Crippen LogP contribution is -2.33. The molecule has 1 aliphatic carbocycles. The zero-order valence-corrected chi connectivity index (χ0v) is 33.0. The monoisotopic (exact) mass is 768 g/mol. The summed E-state index contributed by atoms with van der Waals surface area (Å²) in [6, 6.07) is 14.5. The first-order valence-corrected chi connectivity index (χ1v) is 22.2. The van der Waals surface area contributed by atoms with Crippen LogP contribution in [0.15, 0.2) is 47.5 Å². The molecule has 4 bridgehead atoms. The summed E-state index contributed by atoms with van der Waals surface area (Å²) in [7, 11) is 3.55. The summed E-state index contributed by atoms with van der Waals surface area (Å²) >= 11 is 0. The van der Waals surface area contributed by atoms with Crippen molar-refractivity contribution in [2.45, 2.75) is 128 Å². The van der Waals surface area contributed by atoms with Gasteiger partial charge in [0.15, 0.2) is 17.5 Å². The van der Waals surface area contributed by atoms with Crippen molar-refractivity contribution < 1.29 is 29.3 Å². The molecule has 0 radical (unpaired) electrons. The van der Waals surface area contributed by atoms with E-state index in [4.69, 9.17) is 15.2 Å². The Hall–Kier alpha value is -3.09. The molecule has 2 aliphatic heterocycles. The molecular formula is C41H60N4O6S2. The highest BCUT2D eigenvalue weighted by Gasteiger charge is 2.31. The van der Waals surface area contributed by atoms with E-state index < -0.39 is 12.2 Å². The Balaban J connectivity index is 1.28. The summed E-state index contributed by atoms with van der Waals surface area (Å²) in [5.74, 6) is 2.97. The molecule has 1 saturated heterocycles. The predicted molar refractivity (Wildman–Crippen MR) is 215 cm³/mol. The highest BCUT2D eigenvalue weighted by Crippen LogP contribution is 2.37. The van der Waals surface area contributed by atoms with E-state index in [1.807, 2.05) is 27.8 Å². The molecule has 2 fully saturated rings. The van der Waals surface area contributed by atoms with Crippen LogP contribution in [0.25, 0.3) is 0 Å². The van der Waals surface area contributed by atoms with Crippen LogP contribution in [0.4, 0.5) is 0 Å².